The predicted octanol–water partition coefficient (Wildman–Crippen LogP) is 1.79. The minimum Gasteiger partial charge on any atom is -0.369 e. The number of fused-ring (bicyclic) bond motifs is 1. The highest BCUT2D eigenvalue weighted by Gasteiger charge is 2.21. The lowest BCUT2D eigenvalue weighted by Gasteiger charge is -2.07. The largest absolute Gasteiger partial charge is 0.369 e. The molecule has 2 aromatic carbocycles. The van der Waals surface area contributed by atoms with E-state index in [0.717, 1.165) is 10.9 Å². The van der Waals surface area contributed by atoms with Crippen LogP contribution in [0.4, 0.5) is 0 Å². The molecule has 0 saturated carbocycles. The molecule has 1 aromatic heterocycles. The van der Waals surface area contributed by atoms with Crippen LogP contribution in [0.3, 0.4) is 0 Å². The first-order chi connectivity index (χ1) is 11.9. The van der Waals surface area contributed by atoms with Crippen molar-refractivity contribution in [3.63, 3.8) is 0 Å². The molecule has 7 nitrogen and oxygen atoms in total. The topological polar surface area (TPSA) is 116 Å². The van der Waals surface area contributed by atoms with Gasteiger partial charge in [-0.05, 0) is 30.7 Å². The lowest BCUT2D eigenvalue weighted by Crippen LogP contribution is -2.21. The summed E-state index contributed by atoms with van der Waals surface area (Å²) in [6, 6.07) is 13.7. The first-order valence-corrected chi connectivity index (χ1v) is 8.88. The molecule has 0 bridgehead atoms. The van der Waals surface area contributed by atoms with Gasteiger partial charge in [0.1, 0.15) is 0 Å². The maximum absolute atomic E-state index is 13.0. The van der Waals surface area contributed by atoms with E-state index in [2.05, 4.69) is 10.2 Å². The van der Waals surface area contributed by atoms with Crippen LogP contribution < -0.4 is 11.5 Å². The number of nitrogens with two attached hydrogens (primary N) is 2. The Bertz CT molecular complexity index is 1080. The van der Waals surface area contributed by atoms with E-state index in [9.17, 15) is 8.42 Å². The summed E-state index contributed by atoms with van der Waals surface area (Å²) in [4.78, 5) is 0.209. The molecular weight excluding hydrogens is 338 g/mol. The zero-order valence-corrected chi connectivity index (χ0v) is 14.3. The minimum atomic E-state index is -3.73. The van der Waals surface area contributed by atoms with Gasteiger partial charge in [-0.1, -0.05) is 30.3 Å². The number of benzene rings is 2. The third-order valence-corrected chi connectivity index (χ3v) is 5.39. The van der Waals surface area contributed by atoms with E-state index in [4.69, 9.17) is 11.5 Å². The number of hydrogen-bond acceptors (Lipinski definition) is 4. The minimum absolute atomic E-state index is 0.173. The Hall–Kier alpha value is -3.13. The molecule has 8 heteroatoms. The molecule has 128 valence electrons. The van der Waals surface area contributed by atoms with Gasteiger partial charge in [0.25, 0.3) is 10.0 Å². The van der Waals surface area contributed by atoms with Crippen molar-refractivity contribution in [2.45, 2.75) is 11.8 Å². The molecule has 3 rings (SSSR count). The molecule has 3 aromatic rings. The molecular formula is C17H17N5O2S. The number of nitrogens with zero attached hydrogens (tertiary/aromatic N) is 3. The Morgan fingerprint density at radius 3 is 2.48 bits per heavy atom. The van der Waals surface area contributed by atoms with E-state index >= 15 is 0 Å². The van der Waals surface area contributed by atoms with Gasteiger partial charge in [-0.2, -0.15) is 5.10 Å². The molecule has 0 radical (unpaired) electrons. The SMILES string of the molecule is Cc1cccc2c1c(/C=N/N=C(N)N)cn2S(=O)(=O)c1ccccc1. The van der Waals surface area contributed by atoms with E-state index in [1.54, 1.807) is 36.4 Å². The molecule has 0 amide bonds. The lowest BCUT2D eigenvalue weighted by molar-refractivity contribution is 0.589. The Labute approximate surface area is 145 Å². The lowest BCUT2D eigenvalue weighted by atomic mass is 10.1. The van der Waals surface area contributed by atoms with Gasteiger partial charge < -0.3 is 11.5 Å². The second-order valence-corrected chi connectivity index (χ2v) is 7.25. The number of rotatable bonds is 4. The fourth-order valence-corrected chi connectivity index (χ4v) is 4.02. The van der Waals surface area contributed by atoms with Crippen LogP contribution in [-0.4, -0.2) is 24.6 Å². The third-order valence-electron chi connectivity index (χ3n) is 3.70. The molecule has 0 fully saturated rings. The quantitative estimate of drug-likeness (QED) is 0.421. The summed E-state index contributed by atoms with van der Waals surface area (Å²) in [6.07, 6.45) is 2.96. The smallest absolute Gasteiger partial charge is 0.268 e. The van der Waals surface area contributed by atoms with Gasteiger partial charge in [0.05, 0.1) is 16.6 Å². The van der Waals surface area contributed by atoms with Crippen molar-refractivity contribution in [2.24, 2.45) is 21.7 Å². The zero-order chi connectivity index (χ0) is 18.0. The molecule has 0 atom stereocenters. The highest BCUT2D eigenvalue weighted by atomic mass is 32.2. The van der Waals surface area contributed by atoms with Crippen molar-refractivity contribution in [3.8, 4) is 0 Å². The van der Waals surface area contributed by atoms with E-state index < -0.39 is 10.0 Å². The molecule has 0 spiro atoms. The van der Waals surface area contributed by atoms with Crippen LogP contribution in [0.25, 0.3) is 10.9 Å². The summed E-state index contributed by atoms with van der Waals surface area (Å²) in [7, 11) is -3.73. The van der Waals surface area contributed by atoms with Crippen molar-refractivity contribution in [1.29, 1.82) is 0 Å². The Morgan fingerprint density at radius 2 is 1.80 bits per heavy atom. The van der Waals surface area contributed by atoms with Crippen LogP contribution >= 0.6 is 0 Å². The molecule has 0 aliphatic rings. The average molecular weight is 355 g/mol. The van der Waals surface area contributed by atoms with Crippen LogP contribution in [0.2, 0.25) is 0 Å². The fraction of sp³-hybridized carbons (Fsp3) is 0.0588. The van der Waals surface area contributed by atoms with Crippen molar-refractivity contribution in [2.75, 3.05) is 0 Å². The molecule has 4 N–H and O–H groups in total. The number of guanidine groups is 1. The maximum atomic E-state index is 13.0. The number of aryl methyl sites for hydroxylation is 1. The van der Waals surface area contributed by atoms with E-state index in [1.165, 1.54) is 16.4 Å². The fourth-order valence-electron chi connectivity index (χ4n) is 2.63. The van der Waals surface area contributed by atoms with E-state index in [0.29, 0.717) is 11.1 Å². The van der Waals surface area contributed by atoms with Crippen LogP contribution in [0.15, 0.2) is 69.8 Å². The maximum Gasteiger partial charge on any atom is 0.268 e. The first kappa shape index (κ1) is 16.7. The highest BCUT2D eigenvalue weighted by Crippen LogP contribution is 2.27. The van der Waals surface area contributed by atoms with Gasteiger partial charge >= 0.3 is 0 Å². The van der Waals surface area contributed by atoms with Crippen LogP contribution in [0.1, 0.15) is 11.1 Å². The summed E-state index contributed by atoms with van der Waals surface area (Å²) in [5.74, 6) is -0.173. The molecule has 1 heterocycles. The molecule has 25 heavy (non-hydrogen) atoms. The van der Waals surface area contributed by atoms with Crippen LogP contribution in [0.5, 0.6) is 0 Å². The first-order valence-electron chi connectivity index (χ1n) is 7.44. The van der Waals surface area contributed by atoms with Gasteiger partial charge in [0, 0.05) is 17.1 Å². The second-order valence-electron chi connectivity index (χ2n) is 5.44. The van der Waals surface area contributed by atoms with Crippen molar-refractivity contribution >= 4 is 33.1 Å². The highest BCUT2D eigenvalue weighted by molar-refractivity contribution is 7.90. The van der Waals surface area contributed by atoms with Crippen molar-refractivity contribution in [1.82, 2.24) is 3.97 Å². The number of aromatic nitrogens is 1. The summed E-state index contributed by atoms with van der Waals surface area (Å²) >= 11 is 0. The average Bonchev–Trinajstić information content (AvgIpc) is 2.96. The zero-order valence-electron chi connectivity index (χ0n) is 13.5. The predicted molar refractivity (Wildman–Crippen MR) is 99.1 cm³/mol. The van der Waals surface area contributed by atoms with Gasteiger partial charge in [-0.15, -0.1) is 5.10 Å². The normalized spacial score (nSPS) is 11.9. The van der Waals surface area contributed by atoms with Gasteiger partial charge in [0.2, 0.25) is 5.96 Å². The van der Waals surface area contributed by atoms with E-state index in [-0.39, 0.29) is 10.9 Å². The molecule has 0 aliphatic carbocycles. The summed E-state index contributed by atoms with van der Waals surface area (Å²) < 4.78 is 27.3. The third kappa shape index (κ3) is 3.11. The number of hydrogen-bond donors (Lipinski definition) is 2. The van der Waals surface area contributed by atoms with Crippen LogP contribution in [0, 0.1) is 6.92 Å². The van der Waals surface area contributed by atoms with Crippen molar-refractivity contribution in [3.05, 3.63) is 65.9 Å². The summed E-state index contributed by atoms with van der Waals surface area (Å²) in [5, 5.41) is 8.15. The standard InChI is InChI=1S/C17H17N5O2S/c1-12-6-5-9-15-16(12)13(10-20-21-17(18)19)11-22(15)25(23,24)14-7-3-2-4-8-14/h2-11H,1H3,(H4,18,19,21)/b20-10+. The summed E-state index contributed by atoms with van der Waals surface area (Å²) in [6.45, 7) is 1.90. The molecule has 0 saturated heterocycles. The molecule has 0 unspecified atom stereocenters. The monoisotopic (exact) mass is 355 g/mol. The second kappa shape index (κ2) is 6.40. The van der Waals surface area contributed by atoms with E-state index in [1.807, 2.05) is 19.1 Å². The Morgan fingerprint density at radius 1 is 1.08 bits per heavy atom. The summed E-state index contributed by atoms with van der Waals surface area (Å²) in [5.41, 5.74) is 12.6. The Kier molecular flexibility index (Phi) is 4.28. The van der Waals surface area contributed by atoms with Gasteiger partial charge in [-0.25, -0.2) is 12.4 Å². The van der Waals surface area contributed by atoms with Crippen LogP contribution in [-0.2, 0) is 10.0 Å². The molecule has 0 aliphatic heterocycles. The van der Waals surface area contributed by atoms with Gasteiger partial charge in [0.15, 0.2) is 0 Å². The Balaban J connectivity index is 2.26. The van der Waals surface area contributed by atoms with Crippen molar-refractivity contribution < 1.29 is 8.42 Å². The van der Waals surface area contributed by atoms with Gasteiger partial charge in [-0.3, -0.25) is 0 Å².